The third kappa shape index (κ3) is 4.07. The lowest BCUT2D eigenvalue weighted by atomic mass is 9.77. The van der Waals surface area contributed by atoms with Gasteiger partial charge in [-0.2, -0.15) is 0 Å². The molecule has 0 saturated heterocycles. The van der Waals surface area contributed by atoms with Crippen LogP contribution in [0.5, 0.6) is 5.75 Å². The van der Waals surface area contributed by atoms with Crippen molar-refractivity contribution in [3.05, 3.63) is 52.6 Å². The van der Waals surface area contributed by atoms with Gasteiger partial charge in [-0.25, -0.2) is 0 Å². The van der Waals surface area contributed by atoms with Crippen LogP contribution < -0.4 is 0 Å². The van der Waals surface area contributed by atoms with Crippen molar-refractivity contribution < 1.29 is 5.11 Å². The topological polar surface area (TPSA) is 19.9 Å². The molecule has 2 rings (SSSR count). The Morgan fingerprint density at radius 3 is 1.80 bits per heavy atom. The largest absolute Gasteiger partial charge is 0.289 e. The number of rotatable bonds is 1. The Bertz CT molecular complexity index is 811. The lowest BCUT2D eigenvalue weighted by Gasteiger charge is -2.27. The van der Waals surface area contributed by atoms with Gasteiger partial charge in [-0.1, -0.05) is 65.2 Å². The van der Waals surface area contributed by atoms with E-state index < -0.39 is 0 Å². The molecule has 0 aromatic heterocycles. The van der Waals surface area contributed by atoms with Crippen molar-refractivity contribution in [2.24, 2.45) is 0 Å². The minimum atomic E-state index is -0.201. The molecule has 25 heavy (non-hydrogen) atoms. The predicted octanol–water partition coefficient (Wildman–Crippen LogP) is 6.77. The van der Waals surface area contributed by atoms with E-state index >= 15 is 0 Å². The first-order valence-electron chi connectivity index (χ1n) is 8.85. The normalized spacial score (nSPS) is 11.8. The number of aryl methyl sites for hydroxylation is 1. The fourth-order valence-electron chi connectivity index (χ4n) is 3.04. The van der Waals surface area contributed by atoms with Crippen molar-refractivity contribution in [2.45, 2.75) is 66.2 Å². The highest BCUT2D eigenvalue weighted by Gasteiger charge is 2.28. The third-order valence-corrected chi connectivity index (χ3v) is 4.45. The van der Waals surface area contributed by atoms with E-state index in [1.807, 2.05) is 6.92 Å². The standard InChI is InChI=1S/C24H29O/c1-9-10-17-12-11-16(2)13-19(17)18-14-20(23(3,4)5)22(25)21(15-18)24(6,7)8/h11-15H,1-8H3. The molecule has 0 N–H and O–H groups in total. The SMILES string of the molecule is CC#Cc1ccc(C)cc1-c1cc(C(C)(C)C)c([O])c(C(C)(C)C)c1. The summed E-state index contributed by atoms with van der Waals surface area (Å²) in [6.07, 6.45) is 0. The zero-order valence-electron chi connectivity index (χ0n) is 16.8. The van der Waals surface area contributed by atoms with Crippen LogP contribution in [0, 0.1) is 18.8 Å². The Hall–Kier alpha value is -2.20. The van der Waals surface area contributed by atoms with Crippen LogP contribution in [0.4, 0.5) is 0 Å². The minimum absolute atomic E-state index is 0.166. The van der Waals surface area contributed by atoms with Crippen LogP contribution in [0.1, 0.15) is 70.7 Å². The van der Waals surface area contributed by atoms with Crippen LogP contribution in [0.25, 0.3) is 11.1 Å². The van der Waals surface area contributed by atoms with Crippen LogP contribution in [0.15, 0.2) is 30.3 Å². The second-order valence-corrected chi connectivity index (χ2v) is 8.82. The predicted molar refractivity (Wildman–Crippen MR) is 107 cm³/mol. The highest BCUT2D eigenvalue weighted by atomic mass is 16.3. The van der Waals surface area contributed by atoms with Crippen molar-refractivity contribution in [3.63, 3.8) is 0 Å². The maximum Gasteiger partial charge on any atom is 0.186 e. The summed E-state index contributed by atoms with van der Waals surface area (Å²) in [6.45, 7) is 16.5. The van der Waals surface area contributed by atoms with Gasteiger partial charge in [0.15, 0.2) is 5.75 Å². The summed E-state index contributed by atoms with van der Waals surface area (Å²) in [4.78, 5) is 0. The van der Waals surface area contributed by atoms with Crippen molar-refractivity contribution in [2.75, 3.05) is 0 Å². The van der Waals surface area contributed by atoms with E-state index in [1.54, 1.807) is 0 Å². The van der Waals surface area contributed by atoms with E-state index in [9.17, 15) is 5.11 Å². The Morgan fingerprint density at radius 1 is 0.840 bits per heavy atom. The van der Waals surface area contributed by atoms with Gasteiger partial charge in [0.1, 0.15) is 0 Å². The van der Waals surface area contributed by atoms with E-state index in [0.29, 0.717) is 0 Å². The van der Waals surface area contributed by atoms with Gasteiger partial charge in [0, 0.05) is 16.7 Å². The third-order valence-electron chi connectivity index (χ3n) is 4.45. The molecule has 0 aliphatic rings. The molecule has 0 bridgehead atoms. The molecule has 2 aromatic carbocycles. The molecule has 0 amide bonds. The van der Waals surface area contributed by atoms with E-state index in [0.717, 1.165) is 27.8 Å². The van der Waals surface area contributed by atoms with Crippen molar-refractivity contribution in [1.29, 1.82) is 0 Å². The molecule has 2 aromatic rings. The van der Waals surface area contributed by atoms with Crippen molar-refractivity contribution in [1.82, 2.24) is 0 Å². The molecule has 131 valence electrons. The van der Waals surface area contributed by atoms with Gasteiger partial charge < -0.3 is 0 Å². The molecule has 0 heterocycles. The van der Waals surface area contributed by atoms with Crippen LogP contribution in [0.2, 0.25) is 0 Å². The summed E-state index contributed by atoms with van der Waals surface area (Å²) >= 11 is 0. The number of hydrogen-bond donors (Lipinski definition) is 0. The Kier molecular flexibility index (Phi) is 5.05. The van der Waals surface area contributed by atoms with E-state index in [1.165, 1.54) is 5.56 Å². The van der Waals surface area contributed by atoms with Gasteiger partial charge >= 0.3 is 0 Å². The first-order valence-corrected chi connectivity index (χ1v) is 8.85. The quantitative estimate of drug-likeness (QED) is 0.513. The lowest BCUT2D eigenvalue weighted by molar-refractivity contribution is 0.327. The van der Waals surface area contributed by atoms with Gasteiger partial charge in [-0.05, 0) is 54.0 Å². The Labute approximate surface area is 153 Å². The molecule has 0 spiro atoms. The summed E-state index contributed by atoms with van der Waals surface area (Å²) < 4.78 is 0. The summed E-state index contributed by atoms with van der Waals surface area (Å²) in [5.41, 5.74) is 5.71. The summed E-state index contributed by atoms with van der Waals surface area (Å²) in [7, 11) is 0. The number of hydrogen-bond acceptors (Lipinski definition) is 0. The minimum Gasteiger partial charge on any atom is -0.289 e. The Morgan fingerprint density at radius 2 is 1.36 bits per heavy atom. The summed E-state index contributed by atoms with van der Waals surface area (Å²) in [6, 6.07) is 10.4. The summed E-state index contributed by atoms with van der Waals surface area (Å²) in [5.74, 6) is 6.37. The van der Waals surface area contributed by atoms with Crippen LogP contribution in [0.3, 0.4) is 0 Å². The van der Waals surface area contributed by atoms with Gasteiger partial charge in [0.2, 0.25) is 0 Å². The average molecular weight is 333 g/mol. The van der Waals surface area contributed by atoms with E-state index in [4.69, 9.17) is 0 Å². The maximum atomic E-state index is 13.1. The Balaban J connectivity index is 2.88. The second-order valence-electron chi connectivity index (χ2n) is 8.82. The van der Waals surface area contributed by atoms with Gasteiger partial charge in [-0.3, -0.25) is 5.11 Å². The van der Waals surface area contributed by atoms with Crippen LogP contribution in [-0.2, 0) is 15.9 Å². The van der Waals surface area contributed by atoms with Crippen molar-refractivity contribution >= 4 is 0 Å². The van der Waals surface area contributed by atoms with Crippen LogP contribution >= 0.6 is 0 Å². The highest BCUT2D eigenvalue weighted by Crippen LogP contribution is 2.42. The molecular formula is C24H29O. The van der Waals surface area contributed by atoms with E-state index in [-0.39, 0.29) is 16.6 Å². The molecular weight excluding hydrogens is 304 g/mol. The monoisotopic (exact) mass is 333 g/mol. The fourth-order valence-corrected chi connectivity index (χ4v) is 3.04. The van der Waals surface area contributed by atoms with Crippen molar-refractivity contribution in [3.8, 4) is 28.7 Å². The molecule has 0 aliphatic heterocycles. The molecule has 1 heteroatoms. The summed E-state index contributed by atoms with van der Waals surface area (Å²) in [5, 5.41) is 13.1. The van der Waals surface area contributed by atoms with Gasteiger partial charge in [-0.15, -0.1) is 5.92 Å². The molecule has 0 aliphatic carbocycles. The lowest BCUT2D eigenvalue weighted by Crippen LogP contribution is -2.17. The first-order chi connectivity index (χ1) is 11.4. The molecule has 1 nitrogen and oxygen atoms in total. The van der Waals surface area contributed by atoms with Crippen LogP contribution in [-0.4, -0.2) is 0 Å². The average Bonchev–Trinajstić information content (AvgIpc) is 2.47. The van der Waals surface area contributed by atoms with E-state index in [2.05, 4.69) is 90.6 Å². The maximum absolute atomic E-state index is 13.1. The molecule has 0 unspecified atom stereocenters. The second kappa shape index (κ2) is 6.60. The number of benzene rings is 2. The fraction of sp³-hybridized carbons (Fsp3) is 0.417. The highest BCUT2D eigenvalue weighted by molar-refractivity contribution is 5.75. The zero-order valence-corrected chi connectivity index (χ0v) is 16.8. The first kappa shape index (κ1) is 19.1. The molecule has 1 radical (unpaired) electrons. The zero-order chi connectivity index (χ0) is 19.0. The smallest absolute Gasteiger partial charge is 0.186 e. The molecule has 0 saturated carbocycles. The van der Waals surface area contributed by atoms with Gasteiger partial charge in [0.05, 0.1) is 0 Å². The van der Waals surface area contributed by atoms with Gasteiger partial charge in [0.25, 0.3) is 0 Å². The molecule has 0 atom stereocenters. The molecule has 0 fully saturated rings.